The third-order valence-corrected chi connectivity index (χ3v) is 3.35. The molecular weight excluding hydrogens is 269 g/mol. The van der Waals surface area contributed by atoms with Crippen molar-refractivity contribution in [1.29, 1.82) is 0 Å². The summed E-state index contributed by atoms with van der Waals surface area (Å²) in [6.07, 6.45) is -0.675. The minimum atomic E-state index is -2.52. The Kier molecular flexibility index (Phi) is 4.86. The van der Waals surface area contributed by atoms with E-state index in [1.165, 1.54) is 37.6 Å². The molecule has 104 valence electrons. The lowest BCUT2D eigenvalue weighted by atomic mass is 10.2. The Morgan fingerprint density at radius 2 is 1.74 bits per heavy atom. The van der Waals surface area contributed by atoms with Gasteiger partial charge in [0, 0.05) is 0 Å². The number of carbonyl (C=O) groups is 2. The number of rotatable bonds is 5. The van der Waals surface area contributed by atoms with Crippen LogP contribution in [0.1, 0.15) is 6.42 Å². The van der Waals surface area contributed by atoms with Crippen LogP contribution < -0.4 is 5.06 Å². The van der Waals surface area contributed by atoms with Gasteiger partial charge in [-0.3, -0.25) is 14.8 Å². The number of nitrogens with zero attached hydrogens (tertiary/aromatic N) is 1. The molecule has 19 heavy (non-hydrogen) atoms. The summed E-state index contributed by atoms with van der Waals surface area (Å²) in [7, 11) is -2.52. The molecule has 0 radical (unpaired) electrons. The molecule has 0 unspecified atom stereocenters. The molecule has 1 amide bonds. The molecule has 7 heteroatoms. The maximum Gasteiger partial charge on any atom is 0.258 e. The molecular formula is C12H16NO5P. The van der Waals surface area contributed by atoms with Gasteiger partial charge < -0.3 is 9.67 Å². The first kappa shape index (κ1) is 15.4. The van der Waals surface area contributed by atoms with Crippen LogP contribution in [-0.2, 0) is 14.2 Å². The monoisotopic (exact) mass is 285 g/mol. The topological polar surface area (TPSA) is 94.9 Å². The van der Waals surface area contributed by atoms with Crippen molar-refractivity contribution in [3.05, 3.63) is 24.3 Å². The van der Waals surface area contributed by atoms with Crippen molar-refractivity contribution in [2.24, 2.45) is 0 Å². The van der Waals surface area contributed by atoms with Gasteiger partial charge in [0.05, 0.1) is 25.4 Å². The van der Waals surface area contributed by atoms with E-state index in [1.54, 1.807) is 0 Å². The summed E-state index contributed by atoms with van der Waals surface area (Å²) in [5, 5.41) is 19.0. The Morgan fingerprint density at radius 3 is 2.21 bits per heavy atom. The maximum absolute atomic E-state index is 11.6. The summed E-state index contributed by atoms with van der Waals surface area (Å²) in [6, 6.07) is 5.28. The van der Waals surface area contributed by atoms with Crippen molar-refractivity contribution in [3.63, 3.8) is 0 Å². The summed E-state index contributed by atoms with van der Waals surface area (Å²) in [6.45, 7) is 2.93. The molecule has 0 heterocycles. The van der Waals surface area contributed by atoms with Crippen LogP contribution in [0.3, 0.4) is 0 Å². The van der Waals surface area contributed by atoms with Gasteiger partial charge in [0.1, 0.15) is 11.5 Å². The maximum atomic E-state index is 11.6. The lowest BCUT2D eigenvalue weighted by Gasteiger charge is -2.15. The number of carbonyl (C=O) groups excluding carboxylic acids is 2. The standard InChI is InChI=1S/C12H16NO5P/c1-19(2,18)8-11(15)7-12(16)13(17)9-3-5-10(14)6-4-9/h3-6,14,17H,7-8H2,1-2H3. The molecule has 1 rings (SSSR count). The number of anilines is 1. The van der Waals surface area contributed by atoms with Gasteiger partial charge in [0.25, 0.3) is 5.91 Å². The minimum Gasteiger partial charge on any atom is -0.508 e. The average molecular weight is 285 g/mol. The van der Waals surface area contributed by atoms with E-state index < -0.39 is 25.3 Å². The quantitative estimate of drug-likeness (QED) is 0.371. The summed E-state index contributed by atoms with van der Waals surface area (Å²) in [5.74, 6) is -1.28. The molecule has 0 aromatic heterocycles. The highest BCUT2D eigenvalue weighted by Crippen LogP contribution is 2.35. The summed E-state index contributed by atoms with van der Waals surface area (Å²) in [4.78, 5) is 23.1. The van der Waals surface area contributed by atoms with E-state index in [9.17, 15) is 19.4 Å². The molecule has 1 aromatic rings. The SMILES string of the molecule is CP(C)(=O)CC(=O)CC(=O)N(O)c1ccc(O)cc1. The molecule has 0 fully saturated rings. The van der Waals surface area contributed by atoms with Crippen molar-refractivity contribution >= 4 is 24.5 Å². The number of aromatic hydroxyl groups is 1. The van der Waals surface area contributed by atoms with Gasteiger partial charge in [0.2, 0.25) is 0 Å². The number of ketones is 1. The number of hydroxylamine groups is 1. The van der Waals surface area contributed by atoms with E-state index in [4.69, 9.17) is 5.11 Å². The average Bonchev–Trinajstić information content (AvgIpc) is 2.26. The van der Waals surface area contributed by atoms with Crippen LogP contribution in [0.5, 0.6) is 5.75 Å². The first-order valence-corrected chi connectivity index (χ1v) is 8.34. The number of Topliss-reactive ketones (excluding diaryl/α,β-unsaturated/α-hetero) is 1. The predicted octanol–water partition coefficient (Wildman–Crippen LogP) is 1.70. The fraction of sp³-hybridized carbons (Fsp3) is 0.333. The smallest absolute Gasteiger partial charge is 0.258 e. The van der Waals surface area contributed by atoms with Crippen LogP contribution in [0.15, 0.2) is 24.3 Å². The van der Waals surface area contributed by atoms with E-state index >= 15 is 0 Å². The zero-order valence-corrected chi connectivity index (χ0v) is 11.6. The first-order valence-electron chi connectivity index (χ1n) is 5.55. The fourth-order valence-electron chi connectivity index (χ4n) is 1.46. The van der Waals surface area contributed by atoms with Gasteiger partial charge in [0.15, 0.2) is 0 Å². The second-order valence-electron chi connectivity index (χ2n) is 4.67. The largest absolute Gasteiger partial charge is 0.508 e. The van der Waals surface area contributed by atoms with E-state index in [0.29, 0.717) is 5.06 Å². The zero-order valence-electron chi connectivity index (χ0n) is 10.7. The van der Waals surface area contributed by atoms with Crippen molar-refractivity contribution < 1.29 is 24.5 Å². The van der Waals surface area contributed by atoms with Crippen molar-refractivity contribution in [2.75, 3.05) is 24.6 Å². The summed E-state index contributed by atoms with van der Waals surface area (Å²) < 4.78 is 11.4. The highest BCUT2D eigenvalue weighted by molar-refractivity contribution is 7.63. The fourth-order valence-corrected chi connectivity index (χ4v) is 2.42. The van der Waals surface area contributed by atoms with Gasteiger partial charge in [-0.1, -0.05) is 0 Å². The van der Waals surface area contributed by atoms with Crippen LogP contribution in [0.25, 0.3) is 0 Å². The molecule has 0 aliphatic rings. The van der Waals surface area contributed by atoms with E-state index in [0.717, 1.165) is 0 Å². The second kappa shape index (κ2) is 5.99. The van der Waals surface area contributed by atoms with E-state index in [2.05, 4.69) is 0 Å². The van der Waals surface area contributed by atoms with Gasteiger partial charge in [-0.2, -0.15) is 5.06 Å². The molecule has 2 N–H and O–H groups in total. The lowest BCUT2D eigenvalue weighted by molar-refractivity contribution is -0.128. The van der Waals surface area contributed by atoms with Gasteiger partial charge >= 0.3 is 0 Å². The number of amides is 1. The van der Waals surface area contributed by atoms with Gasteiger partial charge in [-0.25, -0.2) is 0 Å². The Bertz CT molecular complexity index is 519. The molecule has 0 aliphatic carbocycles. The molecule has 0 bridgehead atoms. The number of phenols is 1. The van der Waals surface area contributed by atoms with Gasteiger partial charge in [-0.15, -0.1) is 0 Å². The summed E-state index contributed by atoms with van der Waals surface area (Å²) in [5.41, 5.74) is 0.145. The van der Waals surface area contributed by atoms with Crippen LogP contribution >= 0.6 is 7.14 Å². The number of hydrogen-bond donors (Lipinski definition) is 2. The number of benzene rings is 1. The van der Waals surface area contributed by atoms with Crippen molar-refractivity contribution in [1.82, 2.24) is 0 Å². The van der Waals surface area contributed by atoms with Crippen molar-refractivity contribution in [3.8, 4) is 5.75 Å². The summed E-state index contributed by atoms with van der Waals surface area (Å²) >= 11 is 0. The van der Waals surface area contributed by atoms with Gasteiger partial charge in [-0.05, 0) is 37.6 Å². The highest BCUT2D eigenvalue weighted by Gasteiger charge is 2.21. The van der Waals surface area contributed by atoms with Crippen LogP contribution in [0, 0.1) is 0 Å². The lowest BCUT2D eigenvalue weighted by Crippen LogP contribution is -2.29. The molecule has 1 aromatic carbocycles. The third kappa shape index (κ3) is 5.24. The normalized spacial score (nSPS) is 11.1. The third-order valence-electron chi connectivity index (χ3n) is 2.24. The second-order valence-corrected chi connectivity index (χ2v) is 8.13. The van der Waals surface area contributed by atoms with Crippen LogP contribution in [0.2, 0.25) is 0 Å². The van der Waals surface area contributed by atoms with E-state index in [-0.39, 0.29) is 17.6 Å². The Morgan fingerprint density at radius 1 is 1.21 bits per heavy atom. The van der Waals surface area contributed by atoms with Crippen molar-refractivity contribution in [2.45, 2.75) is 6.42 Å². The minimum absolute atomic E-state index is 0.00131. The molecule has 0 saturated heterocycles. The zero-order chi connectivity index (χ0) is 14.6. The number of hydrogen-bond acceptors (Lipinski definition) is 5. The van der Waals surface area contributed by atoms with E-state index in [1.807, 2.05) is 0 Å². The first-order chi connectivity index (χ1) is 8.69. The highest BCUT2D eigenvalue weighted by atomic mass is 31.2. The Labute approximate surface area is 111 Å². The molecule has 0 spiro atoms. The molecule has 0 saturated carbocycles. The Balaban J connectivity index is 2.65. The predicted molar refractivity (Wildman–Crippen MR) is 71.3 cm³/mol. The molecule has 0 atom stereocenters. The molecule has 0 aliphatic heterocycles. The van der Waals surface area contributed by atoms with Crippen LogP contribution in [-0.4, -0.2) is 41.5 Å². The Hall–Kier alpha value is -1.65. The number of phenolic OH excluding ortho intramolecular Hbond substituents is 1. The van der Waals surface area contributed by atoms with Crippen LogP contribution in [0.4, 0.5) is 5.69 Å². The molecule has 6 nitrogen and oxygen atoms in total.